The van der Waals surface area contributed by atoms with Crippen LogP contribution in [0.15, 0.2) is 6.33 Å². The van der Waals surface area contributed by atoms with Gasteiger partial charge in [0.25, 0.3) is 0 Å². The summed E-state index contributed by atoms with van der Waals surface area (Å²) in [6.07, 6.45) is 6.66. The fourth-order valence-corrected chi connectivity index (χ4v) is 4.08. The highest BCUT2D eigenvalue weighted by Gasteiger charge is 2.35. The maximum absolute atomic E-state index is 4.61. The van der Waals surface area contributed by atoms with Crippen molar-refractivity contribution < 1.29 is 0 Å². The highest BCUT2D eigenvalue weighted by Crippen LogP contribution is 2.30. The quantitative estimate of drug-likeness (QED) is 0.838. The number of piperazine rings is 1. The molecule has 3 heterocycles. The van der Waals surface area contributed by atoms with Crippen LogP contribution in [0.2, 0.25) is 0 Å². The number of rotatable bonds is 3. The minimum Gasteiger partial charge on any atom is -0.353 e. The summed E-state index contributed by atoms with van der Waals surface area (Å²) in [6, 6.07) is 0.730. The van der Waals surface area contributed by atoms with Gasteiger partial charge < -0.3 is 9.80 Å². The van der Waals surface area contributed by atoms with Crippen LogP contribution in [0, 0.1) is 0 Å². The summed E-state index contributed by atoms with van der Waals surface area (Å²) in [5, 5.41) is 0. The predicted molar refractivity (Wildman–Crippen MR) is 88.4 cm³/mol. The summed E-state index contributed by atoms with van der Waals surface area (Å²) in [5.74, 6) is 1.23. The molecule has 1 aliphatic carbocycles. The van der Waals surface area contributed by atoms with Gasteiger partial charge in [0.2, 0.25) is 0 Å². The number of anilines is 1. The Morgan fingerprint density at radius 1 is 1.05 bits per heavy atom. The fraction of sp³-hybridized carbons (Fsp3) is 0.765. The van der Waals surface area contributed by atoms with Gasteiger partial charge in [-0.15, -0.1) is 0 Å². The van der Waals surface area contributed by atoms with Crippen LogP contribution in [-0.2, 0) is 12.8 Å². The number of fused-ring (bicyclic) bond motifs is 1. The Balaban J connectivity index is 1.38. The number of nitrogens with zero attached hydrogens (tertiary/aromatic N) is 5. The van der Waals surface area contributed by atoms with Gasteiger partial charge in [-0.05, 0) is 32.2 Å². The van der Waals surface area contributed by atoms with E-state index in [1.54, 1.807) is 6.33 Å². The van der Waals surface area contributed by atoms with Gasteiger partial charge in [0.05, 0.1) is 0 Å². The third-order valence-electron chi connectivity index (χ3n) is 5.63. The summed E-state index contributed by atoms with van der Waals surface area (Å²) in [4.78, 5) is 16.8. The van der Waals surface area contributed by atoms with E-state index in [2.05, 4.69) is 31.6 Å². The van der Waals surface area contributed by atoms with Crippen molar-refractivity contribution in [1.82, 2.24) is 19.8 Å². The van der Waals surface area contributed by atoms with Crippen LogP contribution in [0.1, 0.15) is 31.0 Å². The van der Waals surface area contributed by atoms with Gasteiger partial charge in [-0.25, -0.2) is 9.97 Å². The highest BCUT2D eigenvalue weighted by atomic mass is 15.4. The monoisotopic (exact) mass is 301 g/mol. The SMILES string of the molecule is CCN1CCN(C2CN(c3ncnc4c3CCCC4)C2)CC1. The van der Waals surface area contributed by atoms with Crippen LogP contribution in [0.3, 0.4) is 0 Å². The molecule has 0 spiro atoms. The van der Waals surface area contributed by atoms with Crippen LogP contribution < -0.4 is 4.90 Å². The lowest BCUT2D eigenvalue weighted by atomic mass is 9.95. The molecule has 5 nitrogen and oxygen atoms in total. The average molecular weight is 301 g/mol. The fourth-order valence-electron chi connectivity index (χ4n) is 4.08. The number of hydrogen-bond acceptors (Lipinski definition) is 5. The van der Waals surface area contributed by atoms with Crippen LogP contribution in [0.4, 0.5) is 5.82 Å². The first-order valence-corrected chi connectivity index (χ1v) is 8.89. The van der Waals surface area contributed by atoms with Gasteiger partial charge in [-0.3, -0.25) is 4.90 Å². The number of likely N-dealkylation sites (N-methyl/N-ethyl adjacent to an activating group) is 1. The molecule has 2 aliphatic heterocycles. The molecule has 0 saturated carbocycles. The van der Waals surface area contributed by atoms with Crippen molar-refractivity contribution in [2.24, 2.45) is 0 Å². The Bertz CT molecular complexity index is 518. The van der Waals surface area contributed by atoms with E-state index >= 15 is 0 Å². The summed E-state index contributed by atoms with van der Waals surface area (Å²) in [7, 11) is 0. The zero-order chi connectivity index (χ0) is 14.9. The summed E-state index contributed by atoms with van der Waals surface area (Å²) in [6.45, 7) is 10.7. The lowest BCUT2D eigenvalue weighted by molar-refractivity contribution is 0.0858. The molecule has 120 valence electrons. The van der Waals surface area contributed by atoms with Gasteiger partial charge in [0, 0.05) is 56.6 Å². The molecular weight excluding hydrogens is 274 g/mol. The Morgan fingerprint density at radius 2 is 1.82 bits per heavy atom. The lowest BCUT2D eigenvalue weighted by Gasteiger charge is -2.49. The second-order valence-corrected chi connectivity index (χ2v) is 6.86. The third-order valence-corrected chi connectivity index (χ3v) is 5.63. The van der Waals surface area contributed by atoms with Gasteiger partial charge in [-0.1, -0.05) is 6.92 Å². The molecule has 4 rings (SSSR count). The molecule has 0 N–H and O–H groups in total. The first-order chi connectivity index (χ1) is 10.8. The number of aryl methyl sites for hydroxylation is 1. The molecule has 0 atom stereocenters. The second kappa shape index (κ2) is 6.13. The molecule has 0 radical (unpaired) electrons. The molecule has 1 aromatic rings. The Labute approximate surface area is 133 Å². The second-order valence-electron chi connectivity index (χ2n) is 6.86. The third kappa shape index (κ3) is 2.61. The van der Waals surface area contributed by atoms with E-state index in [-0.39, 0.29) is 0 Å². The zero-order valence-corrected chi connectivity index (χ0v) is 13.7. The molecule has 3 aliphatic rings. The first-order valence-electron chi connectivity index (χ1n) is 8.89. The normalized spacial score (nSPS) is 24.1. The first kappa shape index (κ1) is 14.4. The minimum atomic E-state index is 0.730. The molecule has 1 aromatic heterocycles. The standard InChI is InChI=1S/C17H27N5/c1-2-20-7-9-21(10-8-20)14-11-22(12-14)17-15-5-3-4-6-16(15)18-13-19-17/h13-14H,2-12H2,1H3. The predicted octanol–water partition coefficient (Wildman–Crippen LogP) is 1.18. The van der Waals surface area contributed by atoms with Crippen molar-refractivity contribution in [1.29, 1.82) is 0 Å². The maximum atomic E-state index is 4.61. The van der Waals surface area contributed by atoms with E-state index in [9.17, 15) is 0 Å². The summed E-state index contributed by atoms with van der Waals surface area (Å²) in [5.41, 5.74) is 2.74. The van der Waals surface area contributed by atoms with E-state index < -0.39 is 0 Å². The van der Waals surface area contributed by atoms with Crippen molar-refractivity contribution in [2.45, 2.75) is 38.6 Å². The number of hydrogen-bond donors (Lipinski definition) is 0. The maximum Gasteiger partial charge on any atom is 0.135 e. The highest BCUT2D eigenvalue weighted by molar-refractivity contribution is 5.52. The Hall–Kier alpha value is -1.20. The molecule has 2 fully saturated rings. The van der Waals surface area contributed by atoms with Crippen LogP contribution in [0.5, 0.6) is 0 Å². The summed E-state index contributed by atoms with van der Waals surface area (Å²) >= 11 is 0. The molecule has 5 heteroatoms. The zero-order valence-electron chi connectivity index (χ0n) is 13.7. The summed E-state index contributed by atoms with van der Waals surface area (Å²) < 4.78 is 0. The molecule has 0 unspecified atom stereocenters. The largest absolute Gasteiger partial charge is 0.353 e. The topological polar surface area (TPSA) is 35.5 Å². The van der Waals surface area contributed by atoms with Crippen molar-refractivity contribution >= 4 is 5.82 Å². The van der Waals surface area contributed by atoms with Crippen molar-refractivity contribution in [2.75, 3.05) is 50.7 Å². The Kier molecular flexibility index (Phi) is 4.01. The average Bonchev–Trinajstić information content (AvgIpc) is 2.54. The van der Waals surface area contributed by atoms with E-state index in [1.807, 2.05) is 0 Å². The van der Waals surface area contributed by atoms with E-state index in [0.29, 0.717) is 0 Å². The molecule has 2 saturated heterocycles. The number of aromatic nitrogens is 2. The van der Waals surface area contributed by atoms with Crippen molar-refractivity contribution in [3.05, 3.63) is 17.6 Å². The van der Waals surface area contributed by atoms with Crippen molar-refractivity contribution in [3.63, 3.8) is 0 Å². The smallest absolute Gasteiger partial charge is 0.135 e. The van der Waals surface area contributed by atoms with Crippen LogP contribution >= 0.6 is 0 Å². The lowest BCUT2D eigenvalue weighted by Crippen LogP contribution is -2.63. The Morgan fingerprint density at radius 3 is 2.59 bits per heavy atom. The molecule has 0 amide bonds. The van der Waals surface area contributed by atoms with Crippen molar-refractivity contribution in [3.8, 4) is 0 Å². The molecule has 22 heavy (non-hydrogen) atoms. The molecule has 0 bridgehead atoms. The van der Waals surface area contributed by atoms with Gasteiger partial charge in [0.1, 0.15) is 12.1 Å². The van der Waals surface area contributed by atoms with E-state index in [0.717, 1.165) is 25.6 Å². The van der Waals surface area contributed by atoms with E-state index in [1.165, 1.54) is 69.1 Å². The minimum absolute atomic E-state index is 0.730. The van der Waals surface area contributed by atoms with Crippen LogP contribution in [0.25, 0.3) is 0 Å². The van der Waals surface area contributed by atoms with Gasteiger partial charge >= 0.3 is 0 Å². The molecule has 0 aromatic carbocycles. The van der Waals surface area contributed by atoms with Gasteiger partial charge in [0.15, 0.2) is 0 Å². The molecular formula is C17H27N5. The van der Waals surface area contributed by atoms with E-state index in [4.69, 9.17) is 0 Å². The van der Waals surface area contributed by atoms with Gasteiger partial charge in [-0.2, -0.15) is 0 Å². The van der Waals surface area contributed by atoms with Crippen LogP contribution in [-0.4, -0.2) is 71.6 Å².